The highest BCUT2D eigenvalue weighted by molar-refractivity contribution is 6.24. The molecule has 0 spiro atoms. The van der Waals surface area contributed by atoms with Crippen LogP contribution in [0, 0.1) is 0 Å². The van der Waals surface area contributed by atoms with Gasteiger partial charge < -0.3 is 13.9 Å². The highest BCUT2D eigenvalue weighted by Gasteiger charge is 2.23. The van der Waals surface area contributed by atoms with Crippen LogP contribution < -0.4 is 4.90 Å². The summed E-state index contributed by atoms with van der Waals surface area (Å²) >= 11 is 0. The van der Waals surface area contributed by atoms with E-state index in [1.165, 1.54) is 66.0 Å². The zero-order chi connectivity index (χ0) is 48.2. The third-order valence-electron chi connectivity index (χ3n) is 14.6. The van der Waals surface area contributed by atoms with Gasteiger partial charge in [-0.2, -0.15) is 0 Å². The Hall–Kier alpha value is -9.70. The molecule has 0 atom stereocenters. The molecular weight excluding hydrogens is 885 g/mol. The van der Waals surface area contributed by atoms with Gasteiger partial charge in [-0.3, -0.25) is 0 Å². The van der Waals surface area contributed by atoms with E-state index < -0.39 is 0 Å². The normalized spacial score (nSPS) is 11.6. The maximum absolute atomic E-state index is 7.18. The minimum atomic E-state index is 0.845. The van der Waals surface area contributed by atoms with Gasteiger partial charge in [0.15, 0.2) is 5.58 Å². The number of hydrogen-bond acceptors (Lipinski definition) is 2. The Morgan fingerprint density at radius 2 is 0.740 bits per heavy atom. The second-order valence-corrected chi connectivity index (χ2v) is 18.8. The maximum Gasteiger partial charge on any atom is 0.159 e. The predicted octanol–water partition coefficient (Wildman–Crippen LogP) is 19.6. The van der Waals surface area contributed by atoms with Crippen LogP contribution in [-0.2, 0) is 0 Å². The number of nitrogens with zero attached hydrogens (tertiary/aromatic N) is 2. The topological polar surface area (TPSA) is 21.3 Å². The van der Waals surface area contributed by atoms with Crippen LogP contribution in [0.15, 0.2) is 283 Å². The van der Waals surface area contributed by atoms with Gasteiger partial charge in [-0.1, -0.05) is 218 Å². The third-order valence-corrected chi connectivity index (χ3v) is 14.6. The van der Waals surface area contributed by atoms with Gasteiger partial charge in [-0.05, 0) is 122 Å². The molecule has 0 aliphatic carbocycles. The monoisotopic (exact) mass is 930 g/mol. The van der Waals surface area contributed by atoms with E-state index in [2.05, 4.69) is 289 Å². The average Bonchev–Trinajstić information content (AvgIpc) is 4.03. The number of rotatable bonds is 9. The van der Waals surface area contributed by atoms with Gasteiger partial charge in [-0.15, -0.1) is 0 Å². The summed E-state index contributed by atoms with van der Waals surface area (Å²) in [6.07, 6.45) is 0. The minimum absolute atomic E-state index is 0.845. The molecule has 0 saturated heterocycles. The molecule has 73 heavy (non-hydrogen) atoms. The van der Waals surface area contributed by atoms with Crippen molar-refractivity contribution in [2.24, 2.45) is 0 Å². The second kappa shape index (κ2) is 17.6. The Morgan fingerprint density at radius 1 is 0.288 bits per heavy atom. The van der Waals surface area contributed by atoms with Crippen LogP contribution >= 0.6 is 0 Å². The van der Waals surface area contributed by atoms with Gasteiger partial charge in [0.25, 0.3) is 0 Å². The number of fused-ring (bicyclic) bond motifs is 8. The van der Waals surface area contributed by atoms with Crippen LogP contribution in [-0.4, -0.2) is 4.57 Å². The highest BCUT2D eigenvalue weighted by Crippen LogP contribution is 2.47. The minimum Gasteiger partial charge on any atom is -0.453 e. The van der Waals surface area contributed by atoms with Gasteiger partial charge in [0.2, 0.25) is 0 Å². The summed E-state index contributed by atoms with van der Waals surface area (Å²) in [7, 11) is 0. The molecule has 2 aromatic heterocycles. The van der Waals surface area contributed by atoms with Crippen molar-refractivity contribution in [3.63, 3.8) is 0 Å². The molecule has 3 heteroatoms. The van der Waals surface area contributed by atoms with Crippen molar-refractivity contribution < 1.29 is 4.42 Å². The van der Waals surface area contributed by atoms with E-state index in [9.17, 15) is 0 Å². The van der Waals surface area contributed by atoms with Crippen molar-refractivity contribution in [3.05, 3.63) is 279 Å². The largest absolute Gasteiger partial charge is 0.453 e. The Bertz CT molecular complexity index is 4310. The van der Waals surface area contributed by atoms with Crippen LogP contribution in [0.5, 0.6) is 0 Å². The molecule has 0 unspecified atom stereocenters. The molecule has 0 saturated carbocycles. The van der Waals surface area contributed by atoms with Crippen molar-refractivity contribution in [2.45, 2.75) is 0 Å². The summed E-state index contributed by atoms with van der Waals surface area (Å²) < 4.78 is 9.58. The lowest BCUT2D eigenvalue weighted by atomic mass is 9.96. The van der Waals surface area contributed by atoms with Crippen LogP contribution in [0.3, 0.4) is 0 Å². The fraction of sp³-hybridized carbons (Fsp3) is 0. The molecule has 14 aromatic rings. The molecule has 12 aromatic carbocycles. The lowest BCUT2D eigenvalue weighted by molar-refractivity contribution is 0.670. The molecule has 0 aliphatic heterocycles. The van der Waals surface area contributed by atoms with E-state index in [1.807, 2.05) is 0 Å². The molecule has 0 aliphatic rings. The number of para-hydroxylation sites is 2. The first-order valence-electron chi connectivity index (χ1n) is 25.0. The molecule has 14 rings (SSSR count). The summed E-state index contributed by atoms with van der Waals surface area (Å²) in [6.45, 7) is 0. The van der Waals surface area contributed by atoms with Gasteiger partial charge >= 0.3 is 0 Å². The van der Waals surface area contributed by atoms with Crippen molar-refractivity contribution >= 4 is 71.6 Å². The lowest BCUT2D eigenvalue weighted by Gasteiger charge is -2.26. The fourth-order valence-corrected chi connectivity index (χ4v) is 11.0. The van der Waals surface area contributed by atoms with E-state index in [0.29, 0.717) is 0 Å². The van der Waals surface area contributed by atoms with Gasteiger partial charge in [0.1, 0.15) is 5.58 Å². The van der Waals surface area contributed by atoms with E-state index >= 15 is 0 Å². The standard InChI is InChI=1S/C70H46N2O/c1-4-15-47(16-5-1)50-31-38-57(39-32-50)71(66-26-14-24-63-68-60-22-11-10-21-56(60)45-64(70(68)73-69(63)66)54-19-8-3-9-20-54)58-40-33-52(34-41-58)49-27-29-53(30-28-49)55-37-44-62-61-23-12-13-25-65(61)72(67(62)46-55)59-42-35-51(36-43-59)48-17-6-2-7-18-48/h1-46H. The number of benzene rings is 12. The van der Waals surface area contributed by atoms with Crippen molar-refractivity contribution in [3.8, 4) is 61.3 Å². The van der Waals surface area contributed by atoms with Gasteiger partial charge in [0.05, 0.1) is 16.7 Å². The molecule has 0 fully saturated rings. The Labute approximate surface area is 423 Å². The summed E-state index contributed by atoms with van der Waals surface area (Å²) in [5.74, 6) is 0. The molecule has 342 valence electrons. The first kappa shape index (κ1) is 42.2. The molecule has 3 nitrogen and oxygen atoms in total. The number of furan rings is 1. The first-order chi connectivity index (χ1) is 36.2. The van der Waals surface area contributed by atoms with Crippen LogP contribution in [0.2, 0.25) is 0 Å². The zero-order valence-electron chi connectivity index (χ0n) is 39.9. The first-order valence-corrected chi connectivity index (χ1v) is 25.0. The zero-order valence-corrected chi connectivity index (χ0v) is 39.9. The SMILES string of the molecule is c1ccc(-c2ccc(N(c3ccc(-c4ccc(-c5ccc6c7ccccc7n(-c7ccc(-c8ccccc8)cc7)c6c5)cc4)cc3)c3cccc4c3oc3c(-c5ccccc5)cc5ccccc5c34)cc2)cc1. The maximum atomic E-state index is 7.18. The van der Waals surface area contributed by atoms with E-state index in [0.717, 1.165) is 66.9 Å². The van der Waals surface area contributed by atoms with E-state index in [1.54, 1.807) is 0 Å². The summed E-state index contributed by atoms with van der Waals surface area (Å²) in [6, 6.07) is 101. The van der Waals surface area contributed by atoms with Crippen LogP contribution in [0.25, 0.3) is 116 Å². The smallest absolute Gasteiger partial charge is 0.159 e. The van der Waals surface area contributed by atoms with Gasteiger partial charge in [0, 0.05) is 44.2 Å². The van der Waals surface area contributed by atoms with Crippen LogP contribution in [0.1, 0.15) is 0 Å². The summed E-state index contributed by atoms with van der Waals surface area (Å²) in [5.41, 5.74) is 19.9. The fourth-order valence-electron chi connectivity index (χ4n) is 11.0. The van der Waals surface area contributed by atoms with Gasteiger partial charge in [-0.25, -0.2) is 0 Å². The molecule has 0 N–H and O–H groups in total. The average molecular weight is 931 g/mol. The Balaban J connectivity index is 0.838. The predicted molar refractivity (Wildman–Crippen MR) is 307 cm³/mol. The third kappa shape index (κ3) is 7.37. The highest BCUT2D eigenvalue weighted by atomic mass is 16.3. The molecule has 0 radical (unpaired) electrons. The number of anilines is 3. The number of aromatic nitrogens is 1. The van der Waals surface area contributed by atoms with Crippen molar-refractivity contribution in [1.82, 2.24) is 4.57 Å². The van der Waals surface area contributed by atoms with Crippen molar-refractivity contribution in [1.29, 1.82) is 0 Å². The quantitative estimate of drug-likeness (QED) is 0.144. The lowest BCUT2D eigenvalue weighted by Crippen LogP contribution is -2.10. The molecule has 0 amide bonds. The van der Waals surface area contributed by atoms with E-state index in [-0.39, 0.29) is 0 Å². The number of hydrogen-bond donors (Lipinski definition) is 0. The van der Waals surface area contributed by atoms with Crippen molar-refractivity contribution in [2.75, 3.05) is 4.90 Å². The Morgan fingerprint density at radius 3 is 1.36 bits per heavy atom. The van der Waals surface area contributed by atoms with Crippen LogP contribution in [0.4, 0.5) is 17.1 Å². The molecule has 0 bridgehead atoms. The molecular formula is C70H46N2O. The Kier molecular flexibility index (Phi) is 10.2. The molecule has 2 heterocycles. The summed E-state index contributed by atoms with van der Waals surface area (Å²) in [4.78, 5) is 2.34. The van der Waals surface area contributed by atoms with E-state index in [4.69, 9.17) is 4.42 Å². The second-order valence-electron chi connectivity index (χ2n) is 18.8. The summed E-state index contributed by atoms with van der Waals surface area (Å²) in [5, 5.41) is 7.07.